The lowest BCUT2D eigenvalue weighted by Gasteiger charge is -2.37. The van der Waals surface area contributed by atoms with Crippen LogP contribution < -0.4 is 5.32 Å². The Kier molecular flexibility index (Phi) is 3.16. The van der Waals surface area contributed by atoms with Gasteiger partial charge in [-0.15, -0.1) is 0 Å². The van der Waals surface area contributed by atoms with Gasteiger partial charge in [0.2, 0.25) is 0 Å². The van der Waals surface area contributed by atoms with Gasteiger partial charge < -0.3 is 5.32 Å². The minimum Gasteiger partial charge on any atom is -0.304 e. The van der Waals surface area contributed by atoms with E-state index in [2.05, 4.69) is 24.1 Å². The number of nitrogens with zero attached hydrogens (tertiary/aromatic N) is 1. The average Bonchev–Trinajstić information content (AvgIpc) is 1.85. The fourth-order valence-corrected chi connectivity index (χ4v) is 1.37. The first-order valence-corrected chi connectivity index (χ1v) is 4.26. The molecule has 0 atom stereocenters. The van der Waals surface area contributed by atoms with Crippen molar-refractivity contribution in [1.29, 1.82) is 0 Å². The van der Waals surface area contributed by atoms with Crippen LogP contribution in [0.3, 0.4) is 0 Å². The van der Waals surface area contributed by atoms with E-state index in [-0.39, 0.29) is 0 Å². The standard InChI is InChI=1S/C8H18N2/c1-3-4-9-7-10-5-8(2)6-10/h8-9H,3-7H2,1-2H3. The van der Waals surface area contributed by atoms with Gasteiger partial charge in [0, 0.05) is 19.8 Å². The fourth-order valence-electron chi connectivity index (χ4n) is 1.37. The highest BCUT2D eigenvalue weighted by Crippen LogP contribution is 2.11. The molecule has 2 nitrogen and oxygen atoms in total. The minimum absolute atomic E-state index is 0.934. The lowest BCUT2D eigenvalue weighted by atomic mass is 10.0. The molecule has 1 heterocycles. The highest BCUT2D eigenvalue weighted by Gasteiger charge is 2.20. The van der Waals surface area contributed by atoms with E-state index in [9.17, 15) is 0 Å². The van der Waals surface area contributed by atoms with Crippen LogP contribution in [0.5, 0.6) is 0 Å². The van der Waals surface area contributed by atoms with Crippen LogP contribution in [0.1, 0.15) is 20.3 Å². The summed E-state index contributed by atoms with van der Waals surface area (Å²) < 4.78 is 0. The second kappa shape index (κ2) is 3.94. The molecule has 0 bridgehead atoms. The van der Waals surface area contributed by atoms with Crippen LogP contribution in [0.2, 0.25) is 0 Å². The smallest absolute Gasteiger partial charge is 0.0480 e. The van der Waals surface area contributed by atoms with Gasteiger partial charge in [0.25, 0.3) is 0 Å². The van der Waals surface area contributed by atoms with E-state index < -0.39 is 0 Å². The van der Waals surface area contributed by atoms with Crippen LogP contribution in [-0.2, 0) is 0 Å². The van der Waals surface area contributed by atoms with Crippen molar-refractivity contribution in [1.82, 2.24) is 10.2 Å². The Morgan fingerprint density at radius 2 is 2.20 bits per heavy atom. The van der Waals surface area contributed by atoms with Crippen molar-refractivity contribution in [2.45, 2.75) is 20.3 Å². The molecule has 0 aromatic rings. The third-order valence-corrected chi connectivity index (χ3v) is 1.90. The van der Waals surface area contributed by atoms with Crippen molar-refractivity contribution in [2.75, 3.05) is 26.3 Å². The predicted octanol–water partition coefficient (Wildman–Crippen LogP) is 0.895. The molecule has 1 N–H and O–H groups in total. The number of hydrogen-bond donors (Lipinski definition) is 1. The van der Waals surface area contributed by atoms with Gasteiger partial charge in [-0.1, -0.05) is 13.8 Å². The SMILES string of the molecule is CCCNCN1CC(C)C1. The summed E-state index contributed by atoms with van der Waals surface area (Å²) in [6, 6.07) is 0. The predicted molar refractivity (Wildman–Crippen MR) is 43.9 cm³/mol. The molecule has 1 rings (SSSR count). The molecule has 1 aliphatic rings. The monoisotopic (exact) mass is 142 g/mol. The van der Waals surface area contributed by atoms with E-state index >= 15 is 0 Å². The topological polar surface area (TPSA) is 15.3 Å². The van der Waals surface area contributed by atoms with Gasteiger partial charge in [0.15, 0.2) is 0 Å². The molecule has 2 heteroatoms. The van der Waals surface area contributed by atoms with Crippen molar-refractivity contribution >= 4 is 0 Å². The molecule has 0 saturated carbocycles. The van der Waals surface area contributed by atoms with Gasteiger partial charge in [0.1, 0.15) is 0 Å². The Balaban J connectivity index is 1.86. The lowest BCUT2D eigenvalue weighted by molar-refractivity contribution is 0.103. The van der Waals surface area contributed by atoms with Gasteiger partial charge in [-0.2, -0.15) is 0 Å². The highest BCUT2D eigenvalue weighted by atomic mass is 15.3. The molecule has 0 aromatic carbocycles. The van der Waals surface area contributed by atoms with E-state index in [4.69, 9.17) is 0 Å². The third-order valence-electron chi connectivity index (χ3n) is 1.90. The maximum Gasteiger partial charge on any atom is 0.0480 e. The Hall–Kier alpha value is -0.0800. The summed E-state index contributed by atoms with van der Waals surface area (Å²) >= 11 is 0. The number of nitrogens with one attached hydrogen (secondary N) is 1. The summed E-state index contributed by atoms with van der Waals surface area (Å²) in [5.41, 5.74) is 0. The maximum atomic E-state index is 3.38. The van der Waals surface area contributed by atoms with E-state index in [1.165, 1.54) is 19.5 Å². The zero-order valence-corrected chi connectivity index (χ0v) is 7.06. The largest absolute Gasteiger partial charge is 0.304 e. The number of hydrogen-bond acceptors (Lipinski definition) is 2. The fraction of sp³-hybridized carbons (Fsp3) is 1.00. The van der Waals surface area contributed by atoms with Gasteiger partial charge in [0.05, 0.1) is 0 Å². The zero-order chi connectivity index (χ0) is 7.40. The molecule has 0 aliphatic carbocycles. The first kappa shape index (κ1) is 8.02. The van der Waals surface area contributed by atoms with Crippen molar-refractivity contribution in [3.8, 4) is 0 Å². The van der Waals surface area contributed by atoms with Gasteiger partial charge in [-0.25, -0.2) is 0 Å². The Labute approximate surface area is 63.6 Å². The average molecular weight is 142 g/mol. The van der Waals surface area contributed by atoms with Gasteiger partial charge in [-0.3, -0.25) is 4.90 Å². The molecular weight excluding hydrogens is 124 g/mol. The maximum absolute atomic E-state index is 3.38. The van der Waals surface area contributed by atoms with E-state index in [0.29, 0.717) is 0 Å². The van der Waals surface area contributed by atoms with Gasteiger partial charge >= 0.3 is 0 Å². The van der Waals surface area contributed by atoms with Gasteiger partial charge in [-0.05, 0) is 18.9 Å². The summed E-state index contributed by atoms with van der Waals surface area (Å²) in [5, 5.41) is 3.38. The number of rotatable bonds is 4. The normalized spacial score (nSPS) is 21.0. The molecule has 0 unspecified atom stereocenters. The summed E-state index contributed by atoms with van der Waals surface area (Å²) in [4.78, 5) is 2.44. The summed E-state index contributed by atoms with van der Waals surface area (Å²) in [6.07, 6.45) is 1.24. The summed E-state index contributed by atoms with van der Waals surface area (Å²) in [6.45, 7) is 9.33. The second-order valence-corrected chi connectivity index (χ2v) is 3.30. The molecule has 0 amide bonds. The molecule has 0 spiro atoms. The molecule has 0 radical (unpaired) electrons. The van der Waals surface area contributed by atoms with Crippen LogP contribution in [0.15, 0.2) is 0 Å². The van der Waals surface area contributed by atoms with Crippen LogP contribution in [0, 0.1) is 5.92 Å². The molecule has 1 saturated heterocycles. The Morgan fingerprint density at radius 3 is 2.70 bits per heavy atom. The number of likely N-dealkylation sites (tertiary alicyclic amines) is 1. The van der Waals surface area contributed by atoms with E-state index in [1.807, 2.05) is 0 Å². The first-order chi connectivity index (χ1) is 4.83. The van der Waals surface area contributed by atoms with Crippen molar-refractivity contribution in [2.24, 2.45) is 5.92 Å². The van der Waals surface area contributed by atoms with Crippen molar-refractivity contribution in [3.05, 3.63) is 0 Å². The summed E-state index contributed by atoms with van der Waals surface area (Å²) in [5.74, 6) is 0.934. The molecule has 10 heavy (non-hydrogen) atoms. The van der Waals surface area contributed by atoms with Crippen LogP contribution in [0.4, 0.5) is 0 Å². The summed E-state index contributed by atoms with van der Waals surface area (Å²) in [7, 11) is 0. The molecule has 0 aromatic heterocycles. The minimum atomic E-state index is 0.934. The molecule has 1 fully saturated rings. The van der Waals surface area contributed by atoms with Crippen LogP contribution in [-0.4, -0.2) is 31.2 Å². The van der Waals surface area contributed by atoms with Crippen molar-refractivity contribution < 1.29 is 0 Å². The molecular formula is C8H18N2. The molecule has 60 valence electrons. The molecule has 1 aliphatic heterocycles. The lowest BCUT2D eigenvalue weighted by Crippen LogP contribution is -2.49. The Morgan fingerprint density at radius 1 is 1.50 bits per heavy atom. The first-order valence-electron chi connectivity index (χ1n) is 4.26. The van der Waals surface area contributed by atoms with E-state index in [0.717, 1.165) is 19.1 Å². The van der Waals surface area contributed by atoms with Crippen molar-refractivity contribution in [3.63, 3.8) is 0 Å². The highest BCUT2D eigenvalue weighted by molar-refractivity contribution is 4.74. The zero-order valence-electron chi connectivity index (χ0n) is 7.06. The van der Waals surface area contributed by atoms with Crippen LogP contribution in [0.25, 0.3) is 0 Å². The van der Waals surface area contributed by atoms with Crippen LogP contribution >= 0.6 is 0 Å². The third kappa shape index (κ3) is 2.27. The Bertz CT molecular complexity index is 87.3. The second-order valence-electron chi connectivity index (χ2n) is 3.30. The quantitative estimate of drug-likeness (QED) is 0.587. The van der Waals surface area contributed by atoms with E-state index in [1.54, 1.807) is 0 Å².